The lowest BCUT2D eigenvalue weighted by molar-refractivity contribution is -0.142. The van der Waals surface area contributed by atoms with E-state index in [1.165, 1.54) is 6.92 Å². The first-order valence-corrected chi connectivity index (χ1v) is 10.3. The molecule has 0 spiro atoms. The molecule has 3 saturated carbocycles. The number of esters is 1. The van der Waals surface area contributed by atoms with Crippen molar-refractivity contribution in [3.63, 3.8) is 0 Å². The zero-order valence-electron chi connectivity index (χ0n) is 16.4. The molecule has 4 aliphatic rings. The number of carbonyl (C=O) groups excluding carboxylic acids is 2. The van der Waals surface area contributed by atoms with E-state index >= 15 is 0 Å². The molecule has 0 amide bonds. The summed E-state index contributed by atoms with van der Waals surface area (Å²) in [5, 5.41) is 10.6. The van der Waals surface area contributed by atoms with E-state index in [1.54, 1.807) is 0 Å². The quantitative estimate of drug-likeness (QED) is 0.587. The number of hydrogen-bond donors (Lipinski definition) is 1. The molecule has 0 aromatic carbocycles. The lowest BCUT2D eigenvalue weighted by Crippen LogP contribution is -2.52. The predicted octanol–water partition coefficient (Wildman–Crippen LogP) is 4.09. The summed E-state index contributed by atoms with van der Waals surface area (Å²) in [6.07, 6.45) is 8.80. The third kappa shape index (κ3) is 2.61. The average molecular weight is 370 g/mol. The SMILES string of the molecule is C=C=C[C@]12CCC(=O)C(OC(C)=O)=C1CC[C@H]1[C@@H]3CC[C@H](O)[C@@]3(C)CC[C@@H]12. The van der Waals surface area contributed by atoms with Crippen molar-refractivity contribution in [3.05, 3.63) is 29.7 Å². The van der Waals surface area contributed by atoms with Crippen LogP contribution in [0.1, 0.15) is 65.2 Å². The molecular weight excluding hydrogens is 340 g/mol. The highest BCUT2D eigenvalue weighted by atomic mass is 16.5. The van der Waals surface area contributed by atoms with E-state index in [0.717, 1.165) is 50.5 Å². The number of ether oxygens (including phenoxy) is 1. The normalized spacial score (nSPS) is 43.3. The van der Waals surface area contributed by atoms with E-state index in [2.05, 4.69) is 25.3 Å². The number of rotatable bonds is 2. The molecule has 27 heavy (non-hydrogen) atoms. The van der Waals surface area contributed by atoms with Crippen LogP contribution in [0.5, 0.6) is 0 Å². The highest BCUT2D eigenvalue weighted by molar-refractivity contribution is 5.97. The molecule has 0 heterocycles. The number of hydrogen-bond acceptors (Lipinski definition) is 4. The van der Waals surface area contributed by atoms with Crippen LogP contribution in [0.3, 0.4) is 0 Å². The highest BCUT2D eigenvalue weighted by Gasteiger charge is 2.60. The van der Waals surface area contributed by atoms with E-state index in [0.29, 0.717) is 29.9 Å². The Hall–Kier alpha value is -1.64. The molecule has 0 aliphatic heterocycles. The van der Waals surface area contributed by atoms with Gasteiger partial charge in [0.05, 0.1) is 6.10 Å². The molecular formula is C23H30O4. The van der Waals surface area contributed by atoms with Crippen molar-refractivity contribution in [3.8, 4) is 0 Å². The van der Waals surface area contributed by atoms with Crippen LogP contribution in [-0.4, -0.2) is 23.0 Å². The van der Waals surface area contributed by atoms with E-state index in [-0.39, 0.29) is 22.7 Å². The van der Waals surface area contributed by atoms with Gasteiger partial charge in [-0.2, -0.15) is 0 Å². The van der Waals surface area contributed by atoms with Gasteiger partial charge in [0.25, 0.3) is 0 Å². The minimum absolute atomic E-state index is 0.0185. The fraction of sp³-hybridized carbons (Fsp3) is 0.696. The summed E-state index contributed by atoms with van der Waals surface area (Å²) in [5.74, 6) is 1.26. The number of carbonyl (C=O) groups is 2. The topological polar surface area (TPSA) is 63.6 Å². The molecule has 0 bridgehead atoms. The van der Waals surface area contributed by atoms with Gasteiger partial charge >= 0.3 is 5.97 Å². The lowest BCUT2D eigenvalue weighted by atomic mass is 9.46. The summed E-state index contributed by atoms with van der Waals surface area (Å²) >= 11 is 0. The maximum absolute atomic E-state index is 12.5. The van der Waals surface area contributed by atoms with Crippen molar-refractivity contribution >= 4 is 11.8 Å². The second-order valence-corrected chi connectivity index (χ2v) is 9.27. The minimum Gasteiger partial charge on any atom is -0.423 e. The van der Waals surface area contributed by atoms with Crippen LogP contribution in [0.2, 0.25) is 0 Å². The number of aliphatic hydroxyl groups is 1. The third-order valence-electron chi connectivity index (χ3n) is 8.24. The summed E-state index contributed by atoms with van der Waals surface area (Å²) in [4.78, 5) is 24.2. The molecule has 0 unspecified atom stereocenters. The number of allylic oxidation sites excluding steroid dienone is 2. The molecule has 4 rings (SSSR count). The average Bonchev–Trinajstić information content (AvgIpc) is 2.93. The zero-order valence-corrected chi connectivity index (χ0v) is 16.4. The molecule has 0 aromatic rings. The largest absolute Gasteiger partial charge is 0.423 e. The molecule has 0 radical (unpaired) electrons. The number of fused-ring (bicyclic) bond motifs is 5. The van der Waals surface area contributed by atoms with E-state index < -0.39 is 5.97 Å². The van der Waals surface area contributed by atoms with Crippen molar-refractivity contribution in [1.29, 1.82) is 0 Å². The van der Waals surface area contributed by atoms with Gasteiger partial charge in [-0.3, -0.25) is 9.59 Å². The van der Waals surface area contributed by atoms with Gasteiger partial charge in [0.15, 0.2) is 11.5 Å². The first kappa shape index (κ1) is 18.7. The second-order valence-electron chi connectivity index (χ2n) is 9.27. The smallest absolute Gasteiger partial charge is 0.308 e. The van der Waals surface area contributed by atoms with Gasteiger partial charge in [0.2, 0.25) is 0 Å². The van der Waals surface area contributed by atoms with Gasteiger partial charge in [-0.05, 0) is 79.8 Å². The van der Waals surface area contributed by atoms with Gasteiger partial charge in [0.1, 0.15) is 0 Å². The Bertz CT molecular complexity index is 758. The number of aliphatic hydroxyl groups excluding tert-OH is 1. The Balaban J connectivity index is 1.80. The van der Waals surface area contributed by atoms with Crippen LogP contribution in [0, 0.1) is 28.6 Å². The molecule has 1 N–H and O–H groups in total. The first-order chi connectivity index (χ1) is 12.8. The molecule has 4 nitrogen and oxygen atoms in total. The van der Waals surface area contributed by atoms with Crippen LogP contribution in [-0.2, 0) is 14.3 Å². The number of ketones is 1. The minimum atomic E-state index is -0.429. The van der Waals surface area contributed by atoms with Crippen molar-refractivity contribution in [2.24, 2.45) is 28.6 Å². The van der Waals surface area contributed by atoms with Crippen LogP contribution in [0.4, 0.5) is 0 Å². The molecule has 146 valence electrons. The summed E-state index contributed by atoms with van der Waals surface area (Å²) in [7, 11) is 0. The van der Waals surface area contributed by atoms with E-state index in [1.807, 2.05) is 0 Å². The summed E-state index contributed by atoms with van der Waals surface area (Å²) in [5.41, 5.74) is 3.75. The number of Topliss-reactive ketones (excluding diaryl/α,β-unsaturated/α-hetero) is 1. The molecule has 3 fully saturated rings. The Labute approximate surface area is 161 Å². The van der Waals surface area contributed by atoms with Crippen LogP contribution < -0.4 is 0 Å². The Morgan fingerprint density at radius 1 is 1.22 bits per heavy atom. The Morgan fingerprint density at radius 2 is 2.00 bits per heavy atom. The van der Waals surface area contributed by atoms with Gasteiger partial charge in [-0.15, -0.1) is 5.73 Å². The van der Waals surface area contributed by atoms with Crippen molar-refractivity contribution in [2.45, 2.75) is 71.3 Å². The Morgan fingerprint density at radius 3 is 2.70 bits per heavy atom. The fourth-order valence-corrected chi connectivity index (χ4v) is 7.04. The molecule has 0 saturated heterocycles. The van der Waals surface area contributed by atoms with Crippen molar-refractivity contribution in [1.82, 2.24) is 0 Å². The van der Waals surface area contributed by atoms with Gasteiger partial charge in [0, 0.05) is 18.8 Å². The van der Waals surface area contributed by atoms with E-state index in [9.17, 15) is 14.7 Å². The molecule has 4 heteroatoms. The third-order valence-corrected chi connectivity index (χ3v) is 8.24. The van der Waals surface area contributed by atoms with Gasteiger partial charge in [-0.25, -0.2) is 0 Å². The van der Waals surface area contributed by atoms with Crippen LogP contribution in [0.25, 0.3) is 0 Å². The predicted molar refractivity (Wildman–Crippen MR) is 101 cm³/mol. The highest BCUT2D eigenvalue weighted by Crippen LogP contribution is 2.66. The Kier molecular flexibility index (Phi) is 4.48. The summed E-state index contributed by atoms with van der Waals surface area (Å²) < 4.78 is 5.43. The maximum atomic E-state index is 12.5. The van der Waals surface area contributed by atoms with E-state index in [4.69, 9.17) is 4.74 Å². The van der Waals surface area contributed by atoms with Crippen molar-refractivity contribution < 1.29 is 19.4 Å². The fourth-order valence-electron chi connectivity index (χ4n) is 7.04. The molecule has 6 atom stereocenters. The zero-order chi connectivity index (χ0) is 19.4. The molecule has 4 aliphatic carbocycles. The molecule has 0 aromatic heterocycles. The van der Waals surface area contributed by atoms with Gasteiger partial charge in [-0.1, -0.05) is 13.5 Å². The standard InChI is InChI=1S/C23H30O4/c1-4-11-23-13-10-19(25)21(27-14(2)24)18(23)6-5-15-16-7-8-20(26)22(16,3)12-9-17(15)23/h11,15-17,20,26H,1,5-10,12-13H2,2-3H3/t15-,16-,17-,20-,22-,23+/m0/s1. The lowest BCUT2D eigenvalue weighted by Gasteiger charge is -2.57. The maximum Gasteiger partial charge on any atom is 0.308 e. The van der Waals surface area contributed by atoms with Crippen molar-refractivity contribution in [2.75, 3.05) is 0 Å². The first-order valence-electron chi connectivity index (χ1n) is 10.3. The second kappa shape index (κ2) is 6.46. The summed E-state index contributed by atoms with van der Waals surface area (Å²) in [6.45, 7) is 7.46. The summed E-state index contributed by atoms with van der Waals surface area (Å²) in [6, 6.07) is 0. The van der Waals surface area contributed by atoms with Gasteiger partial charge < -0.3 is 9.84 Å². The monoisotopic (exact) mass is 370 g/mol. The van der Waals surface area contributed by atoms with Crippen LogP contribution in [0.15, 0.2) is 29.7 Å². The van der Waals surface area contributed by atoms with Crippen LogP contribution >= 0.6 is 0 Å².